The lowest BCUT2D eigenvalue weighted by molar-refractivity contribution is -0.131. The standard InChI is InChI=1S/C17H14N2O4S/c1-10-16(11-3-5-12(23-2)6-4-11)13(9-18)17(24-10)19-14(20)7-8-15(21)22/h3-8H,1-2H3,(H,19,20)(H,21,22). The van der Waals surface area contributed by atoms with E-state index in [1.165, 1.54) is 11.3 Å². The van der Waals surface area contributed by atoms with E-state index in [1.54, 1.807) is 19.2 Å². The number of nitrogens with one attached hydrogen (secondary N) is 1. The number of nitrogens with zero attached hydrogens (tertiary/aromatic N) is 1. The first-order valence-electron chi connectivity index (χ1n) is 6.86. The molecule has 0 atom stereocenters. The number of carboxylic acids is 1. The first-order valence-corrected chi connectivity index (χ1v) is 7.67. The van der Waals surface area contributed by atoms with Gasteiger partial charge in [0.25, 0.3) is 0 Å². The molecule has 122 valence electrons. The molecule has 7 heteroatoms. The fourth-order valence-electron chi connectivity index (χ4n) is 2.15. The summed E-state index contributed by atoms with van der Waals surface area (Å²) >= 11 is 1.27. The number of anilines is 1. The van der Waals surface area contributed by atoms with Gasteiger partial charge < -0.3 is 15.2 Å². The number of benzene rings is 1. The van der Waals surface area contributed by atoms with Gasteiger partial charge in [-0.2, -0.15) is 5.26 Å². The van der Waals surface area contributed by atoms with Crippen LogP contribution in [0.2, 0.25) is 0 Å². The van der Waals surface area contributed by atoms with Gasteiger partial charge >= 0.3 is 5.97 Å². The second kappa shape index (κ2) is 7.44. The largest absolute Gasteiger partial charge is 0.497 e. The molecule has 0 aliphatic heterocycles. The Labute approximate surface area is 142 Å². The third-order valence-electron chi connectivity index (χ3n) is 3.19. The zero-order valence-electron chi connectivity index (χ0n) is 13.0. The molecule has 1 aromatic carbocycles. The van der Waals surface area contributed by atoms with Crippen molar-refractivity contribution in [3.05, 3.63) is 46.9 Å². The average molecular weight is 342 g/mol. The van der Waals surface area contributed by atoms with Gasteiger partial charge in [0.2, 0.25) is 5.91 Å². The number of carbonyl (C=O) groups excluding carboxylic acids is 1. The number of nitriles is 1. The van der Waals surface area contributed by atoms with Crippen LogP contribution in [0.4, 0.5) is 5.00 Å². The van der Waals surface area contributed by atoms with Crippen LogP contribution in [0.25, 0.3) is 11.1 Å². The van der Waals surface area contributed by atoms with Crippen LogP contribution in [0.3, 0.4) is 0 Å². The average Bonchev–Trinajstić information content (AvgIpc) is 2.88. The molecule has 0 aliphatic carbocycles. The molecule has 2 aromatic rings. The number of amides is 1. The van der Waals surface area contributed by atoms with Crippen molar-refractivity contribution in [1.82, 2.24) is 0 Å². The van der Waals surface area contributed by atoms with Crippen LogP contribution in [-0.2, 0) is 9.59 Å². The van der Waals surface area contributed by atoms with Crippen LogP contribution in [0.5, 0.6) is 5.75 Å². The van der Waals surface area contributed by atoms with E-state index < -0.39 is 11.9 Å². The highest BCUT2D eigenvalue weighted by Gasteiger charge is 2.18. The number of hydrogen-bond acceptors (Lipinski definition) is 5. The lowest BCUT2D eigenvalue weighted by atomic mass is 10.0. The minimum Gasteiger partial charge on any atom is -0.497 e. The number of rotatable bonds is 5. The summed E-state index contributed by atoms with van der Waals surface area (Å²) in [5.41, 5.74) is 1.92. The summed E-state index contributed by atoms with van der Waals surface area (Å²) in [4.78, 5) is 23.1. The van der Waals surface area contributed by atoms with Crippen molar-refractivity contribution in [1.29, 1.82) is 5.26 Å². The second-order valence-electron chi connectivity index (χ2n) is 4.74. The number of methoxy groups -OCH3 is 1. The third-order valence-corrected chi connectivity index (χ3v) is 4.21. The van der Waals surface area contributed by atoms with Crippen LogP contribution in [0, 0.1) is 18.3 Å². The maximum atomic E-state index is 11.7. The van der Waals surface area contributed by atoms with Crippen molar-refractivity contribution < 1.29 is 19.4 Å². The number of ether oxygens (including phenoxy) is 1. The fourth-order valence-corrected chi connectivity index (χ4v) is 3.17. The van der Waals surface area contributed by atoms with Crippen LogP contribution >= 0.6 is 11.3 Å². The van der Waals surface area contributed by atoms with Gasteiger partial charge in [-0.3, -0.25) is 4.79 Å². The van der Waals surface area contributed by atoms with Crippen LogP contribution in [-0.4, -0.2) is 24.1 Å². The van der Waals surface area contributed by atoms with Gasteiger partial charge in [0.1, 0.15) is 16.8 Å². The van der Waals surface area contributed by atoms with E-state index >= 15 is 0 Å². The lowest BCUT2D eigenvalue weighted by Gasteiger charge is -2.04. The zero-order chi connectivity index (χ0) is 17.7. The Kier molecular flexibility index (Phi) is 5.35. The Balaban J connectivity index is 2.37. The van der Waals surface area contributed by atoms with E-state index in [-0.39, 0.29) is 0 Å². The summed E-state index contributed by atoms with van der Waals surface area (Å²) in [6, 6.07) is 9.37. The van der Waals surface area contributed by atoms with E-state index in [0.717, 1.165) is 28.2 Å². The minimum atomic E-state index is -1.22. The van der Waals surface area contributed by atoms with Gasteiger partial charge in [-0.15, -0.1) is 11.3 Å². The summed E-state index contributed by atoms with van der Waals surface area (Å²) < 4.78 is 5.12. The number of hydrogen-bond donors (Lipinski definition) is 2. The number of aryl methyl sites for hydroxylation is 1. The molecule has 0 unspecified atom stereocenters. The molecule has 1 amide bonds. The number of thiophene rings is 1. The molecule has 0 spiro atoms. The van der Waals surface area contributed by atoms with Gasteiger partial charge in [-0.05, 0) is 24.6 Å². The Morgan fingerprint density at radius 1 is 1.29 bits per heavy atom. The normalized spacial score (nSPS) is 10.4. The molecule has 0 fully saturated rings. The number of carbonyl (C=O) groups is 2. The van der Waals surface area contributed by atoms with Crippen molar-refractivity contribution >= 4 is 28.2 Å². The Morgan fingerprint density at radius 2 is 1.96 bits per heavy atom. The van der Waals surface area contributed by atoms with Gasteiger partial charge in [0.05, 0.1) is 12.7 Å². The molecule has 1 aromatic heterocycles. The topological polar surface area (TPSA) is 99.4 Å². The van der Waals surface area contributed by atoms with E-state index in [1.807, 2.05) is 19.1 Å². The molecule has 0 bridgehead atoms. The predicted octanol–water partition coefficient (Wildman–Crippen LogP) is 3.18. The molecule has 0 radical (unpaired) electrons. The SMILES string of the molecule is COc1ccc(-c2c(C)sc(NC(=O)C=CC(=O)O)c2C#N)cc1. The highest BCUT2D eigenvalue weighted by atomic mass is 32.1. The summed E-state index contributed by atoms with van der Waals surface area (Å²) in [5, 5.41) is 21.0. The second-order valence-corrected chi connectivity index (χ2v) is 5.96. The molecule has 2 rings (SSSR count). The van der Waals surface area contributed by atoms with E-state index in [4.69, 9.17) is 9.84 Å². The summed E-state index contributed by atoms with van der Waals surface area (Å²) in [5.74, 6) is -1.11. The smallest absolute Gasteiger partial charge is 0.328 e. The third kappa shape index (κ3) is 3.80. The van der Waals surface area contributed by atoms with Crippen molar-refractivity contribution in [2.24, 2.45) is 0 Å². The van der Waals surface area contributed by atoms with Gasteiger partial charge in [0.15, 0.2) is 0 Å². The van der Waals surface area contributed by atoms with Crippen molar-refractivity contribution in [3.63, 3.8) is 0 Å². The lowest BCUT2D eigenvalue weighted by Crippen LogP contribution is -2.08. The molecule has 0 saturated carbocycles. The molecule has 1 heterocycles. The molecular weight excluding hydrogens is 328 g/mol. The van der Waals surface area contributed by atoms with E-state index in [0.29, 0.717) is 16.3 Å². The van der Waals surface area contributed by atoms with Crippen molar-refractivity contribution in [3.8, 4) is 22.9 Å². The van der Waals surface area contributed by atoms with Gasteiger partial charge in [-0.25, -0.2) is 4.79 Å². The molecule has 6 nitrogen and oxygen atoms in total. The number of aliphatic carboxylic acids is 1. The Hall–Kier alpha value is -3.11. The molecular formula is C17H14N2O4S. The van der Waals surface area contributed by atoms with E-state index in [2.05, 4.69) is 11.4 Å². The van der Waals surface area contributed by atoms with Crippen molar-refractivity contribution in [2.75, 3.05) is 12.4 Å². The molecule has 0 aliphatic rings. The quantitative estimate of drug-likeness (QED) is 0.813. The van der Waals surface area contributed by atoms with Gasteiger partial charge in [-0.1, -0.05) is 12.1 Å². The molecule has 2 N–H and O–H groups in total. The summed E-state index contributed by atoms with van der Waals surface area (Å²) in [6.45, 7) is 1.85. The van der Waals surface area contributed by atoms with Crippen LogP contribution in [0.1, 0.15) is 10.4 Å². The highest BCUT2D eigenvalue weighted by molar-refractivity contribution is 7.17. The monoisotopic (exact) mass is 342 g/mol. The number of carboxylic acid groups (broad SMARTS) is 1. The Morgan fingerprint density at radius 3 is 2.50 bits per heavy atom. The van der Waals surface area contributed by atoms with Gasteiger partial charge in [0, 0.05) is 22.6 Å². The summed E-state index contributed by atoms with van der Waals surface area (Å²) in [7, 11) is 1.57. The van der Waals surface area contributed by atoms with Crippen LogP contribution < -0.4 is 10.1 Å². The van der Waals surface area contributed by atoms with Crippen LogP contribution in [0.15, 0.2) is 36.4 Å². The van der Waals surface area contributed by atoms with Crippen molar-refractivity contribution in [2.45, 2.75) is 6.92 Å². The fraction of sp³-hybridized carbons (Fsp3) is 0.118. The first kappa shape index (κ1) is 17.2. The summed E-state index contributed by atoms with van der Waals surface area (Å²) in [6.07, 6.45) is 1.65. The first-order chi connectivity index (χ1) is 11.5. The predicted molar refractivity (Wildman–Crippen MR) is 91.2 cm³/mol. The Bertz CT molecular complexity index is 845. The molecule has 0 saturated heterocycles. The minimum absolute atomic E-state index is 0.347. The van der Waals surface area contributed by atoms with E-state index in [9.17, 15) is 14.9 Å². The molecule has 24 heavy (non-hydrogen) atoms. The maximum Gasteiger partial charge on any atom is 0.328 e. The zero-order valence-corrected chi connectivity index (χ0v) is 13.8. The maximum absolute atomic E-state index is 11.7. The highest BCUT2D eigenvalue weighted by Crippen LogP contribution is 2.39.